The molecule has 2 unspecified atom stereocenters. The highest BCUT2D eigenvalue weighted by atomic mass is 15.3. The zero-order chi connectivity index (χ0) is 13.9. The van der Waals surface area contributed by atoms with Gasteiger partial charge in [0.15, 0.2) is 0 Å². The van der Waals surface area contributed by atoms with E-state index in [9.17, 15) is 0 Å². The minimum atomic E-state index is 0.381. The van der Waals surface area contributed by atoms with Crippen molar-refractivity contribution >= 4 is 0 Å². The van der Waals surface area contributed by atoms with Gasteiger partial charge in [0, 0.05) is 30.7 Å². The van der Waals surface area contributed by atoms with Gasteiger partial charge in [0.05, 0.1) is 0 Å². The van der Waals surface area contributed by atoms with Crippen LogP contribution < -0.4 is 5.32 Å². The van der Waals surface area contributed by atoms with Gasteiger partial charge in [-0.2, -0.15) is 0 Å². The summed E-state index contributed by atoms with van der Waals surface area (Å²) in [6.45, 7) is 12.0. The molecular weight excluding hydrogens is 232 g/mol. The van der Waals surface area contributed by atoms with Crippen LogP contribution in [0.4, 0.5) is 0 Å². The maximum absolute atomic E-state index is 3.91. The van der Waals surface area contributed by atoms with E-state index in [4.69, 9.17) is 0 Å². The Hall–Kier alpha value is -0.0800. The molecule has 2 atom stereocenters. The molecule has 19 heavy (non-hydrogen) atoms. The Morgan fingerprint density at radius 1 is 1.16 bits per heavy atom. The molecule has 1 aliphatic heterocycles. The third-order valence-electron chi connectivity index (χ3n) is 6.05. The average Bonchev–Trinajstić information content (AvgIpc) is 3.00. The lowest BCUT2D eigenvalue weighted by Gasteiger charge is -2.51. The van der Waals surface area contributed by atoms with Gasteiger partial charge in [0.2, 0.25) is 0 Å². The normalized spacial score (nSPS) is 30.6. The predicted molar refractivity (Wildman–Crippen MR) is 83.5 cm³/mol. The summed E-state index contributed by atoms with van der Waals surface area (Å²) < 4.78 is 0. The molecule has 1 saturated heterocycles. The summed E-state index contributed by atoms with van der Waals surface area (Å²) in [6, 6.07) is 1.64. The van der Waals surface area contributed by atoms with Gasteiger partial charge in [-0.05, 0) is 31.6 Å². The summed E-state index contributed by atoms with van der Waals surface area (Å²) in [5, 5.41) is 3.91. The van der Waals surface area contributed by atoms with Crippen LogP contribution in [0.25, 0.3) is 0 Å². The first-order valence-corrected chi connectivity index (χ1v) is 8.66. The molecule has 0 amide bonds. The van der Waals surface area contributed by atoms with Crippen LogP contribution in [0.1, 0.15) is 72.6 Å². The molecule has 1 saturated carbocycles. The number of rotatable bonds is 5. The van der Waals surface area contributed by atoms with Gasteiger partial charge in [0.1, 0.15) is 0 Å². The lowest BCUT2D eigenvalue weighted by Crippen LogP contribution is -2.66. The molecule has 2 heteroatoms. The van der Waals surface area contributed by atoms with Crippen molar-refractivity contribution in [3.8, 4) is 0 Å². The Morgan fingerprint density at radius 2 is 1.79 bits per heavy atom. The highest BCUT2D eigenvalue weighted by Gasteiger charge is 2.41. The molecule has 0 aromatic rings. The Balaban J connectivity index is 2.13. The summed E-state index contributed by atoms with van der Waals surface area (Å²) in [5.41, 5.74) is 0.381. The van der Waals surface area contributed by atoms with E-state index in [1.807, 2.05) is 0 Å². The third kappa shape index (κ3) is 3.16. The van der Waals surface area contributed by atoms with Crippen molar-refractivity contribution in [3.63, 3.8) is 0 Å². The maximum Gasteiger partial charge on any atom is 0.0304 e. The summed E-state index contributed by atoms with van der Waals surface area (Å²) in [7, 11) is 0. The van der Waals surface area contributed by atoms with E-state index in [0.29, 0.717) is 5.54 Å². The molecule has 0 aromatic carbocycles. The van der Waals surface area contributed by atoms with E-state index in [2.05, 4.69) is 37.9 Å². The summed E-state index contributed by atoms with van der Waals surface area (Å²) >= 11 is 0. The SMILES string of the molecule is CCC(C)C1CNC(CC)(CC)CN1C1CCCC1. The van der Waals surface area contributed by atoms with Crippen molar-refractivity contribution < 1.29 is 0 Å². The zero-order valence-corrected chi connectivity index (χ0v) is 13.5. The minimum absolute atomic E-state index is 0.381. The molecule has 1 heterocycles. The van der Waals surface area contributed by atoms with Gasteiger partial charge in [-0.1, -0.05) is 47.0 Å². The molecule has 2 aliphatic rings. The van der Waals surface area contributed by atoms with Crippen molar-refractivity contribution in [2.75, 3.05) is 13.1 Å². The molecule has 0 radical (unpaired) electrons. The molecule has 0 aromatic heterocycles. The lowest BCUT2D eigenvalue weighted by atomic mass is 9.84. The van der Waals surface area contributed by atoms with Gasteiger partial charge in [-0.15, -0.1) is 0 Å². The van der Waals surface area contributed by atoms with Crippen LogP contribution in [0.2, 0.25) is 0 Å². The number of nitrogens with one attached hydrogen (secondary N) is 1. The second-order valence-electron chi connectivity index (χ2n) is 6.93. The molecule has 2 nitrogen and oxygen atoms in total. The van der Waals surface area contributed by atoms with Crippen LogP contribution in [0.5, 0.6) is 0 Å². The van der Waals surface area contributed by atoms with Crippen molar-refractivity contribution in [1.29, 1.82) is 0 Å². The largest absolute Gasteiger partial charge is 0.308 e. The summed E-state index contributed by atoms with van der Waals surface area (Å²) in [6.07, 6.45) is 9.62. The standard InChI is InChI=1S/C17H34N2/c1-5-14(4)16-12-18-17(6-2,7-3)13-19(16)15-10-8-9-11-15/h14-16,18H,5-13H2,1-4H3. The molecule has 1 aliphatic carbocycles. The third-order valence-corrected chi connectivity index (χ3v) is 6.05. The van der Waals surface area contributed by atoms with E-state index < -0.39 is 0 Å². The molecule has 0 bridgehead atoms. The first kappa shape index (κ1) is 15.3. The van der Waals surface area contributed by atoms with E-state index in [1.165, 1.54) is 58.0 Å². The quantitative estimate of drug-likeness (QED) is 0.814. The van der Waals surface area contributed by atoms with Crippen LogP contribution in [0, 0.1) is 5.92 Å². The fraction of sp³-hybridized carbons (Fsp3) is 1.00. The highest BCUT2D eigenvalue weighted by Crippen LogP contribution is 2.33. The lowest BCUT2D eigenvalue weighted by molar-refractivity contribution is 0.0143. The van der Waals surface area contributed by atoms with Gasteiger partial charge in [0.25, 0.3) is 0 Å². The van der Waals surface area contributed by atoms with E-state index in [1.54, 1.807) is 0 Å². The Labute approximate surface area is 120 Å². The molecule has 1 N–H and O–H groups in total. The molecule has 2 rings (SSSR count). The molecule has 112 valence electrons. The van der Waals surface area contributed by atoms with Crippen LogP contribution in [0.3, 0.4) is 0 Å². The Kier molecular flexibility index (Phi) is 5.30. The van der Waals surface area contributed by atoms with Gasteiger partial charge in [-0.3, -0.25) is 4.90 Å². The van der Waals surface area contributed by atoms with Crippen molar-refractivity contribution in [2.24, 2.45) is 5.92 Å². The van der Waals surface area contributed by atoms with Crippen LogP contribution in [-0.2, 0) is 0 Å². The van der Waals surface area contributed by atoms with E-state index >= 15 is 0 Å². The van der Waals surface area contributed by atoms with E-state index in [0.717, 1.165) is 18.0 Å². The van der Waals surface area contributed by atoms with E-state index in [-0.39, 0.29) is 0 Å². The van der Waals surface area contributed by atoms with Crippen LogP contribution in [-0.4, -0.2) is 35.6 Å². The molecule has 2 fully saturated rings. The summed E-state index contributed by atoms with van der Waals surface area (Å²) in [5.74, 6) is 0.819. The predicted octanol–water partition coefficient (Wildman–Crippen LogP) is 3.81. The maximum atomic E-state index is 3.91. The van der Waals surface area contributed by atoms with Crippen LogP contribution >= 0.6 is 0 Å². The fourth-order valence-electron chi connectivity index (χ4n) is 4.12. The fourth-order valence-corrected chi connectivity index (χ4v) is 4.12. The van der Waals surface area contributed by atoms with Gasteiger partial charge >= 0.3 is 0 Å². The monoisotopic (exact) mass is 266 g/mol. The minimum Gasteiger partial charge on any atom is -0.308 e. The first-order chi connectivity index (χ1) is 9.15. The summed E-state index contributed by atoms with van der Waals surface area (Å²) in [4.78, 5) is 2.91. The second-order valence-corrected chi connectivity index (χ2v) is 6.93. The molecule has 0 spiro atoms. The highest BCUT2D eigenvalue weighted by molar-refractivity contribution is 5.00. The first-order valence-electron chi connectivity index (χ1n) is 8.66. The van der Waals surface area contributed by atoms with Gasteiger partial charge < -0.3 is 5.32 Å². The van der Waals surface area contributed by atoms with Crippen molar-refractivity contribution in [2.45, 2.75) is 90.3 Å². The van der Waals surface area contributed by atoms with Gasteiger partial charge in [-0.25, -0.2) is 0 Å². The average molecular weight is 266 g/mol. The van der Waals surface area contributed by atoms with Crippen molar-refractivity contribution in [1.82, 2.24) is 10.2 Å². The van der Waals surface area contributed by atoms with Crippen LogP contribution in [0.15, 0.2) is 0 Å². The second kappa shape index (κ2) is 6.58. The Bertz CT molecular complexity index is 266. The topological polar surface area (TPSA) is 15.3 Å². The smallest absolute Gasteiger partial charge is 0.0304 e. The molecular formula is C17H34N2. The number of piperazine rings is 1. The van der Waals surface area contributed by atoms with Crippen molar-refractivity contribution in [3.05, 3.63) is 0 Å². The number of hydrogen-bond acceptors (Lipinski definition) is 2. The number of nitrogens with zero attached hydrogens (tertiary/aromatic N) is 1. The zero-order valence-electron chi connectivity index (χ0n) is 13.5. The number of hydrogen-bond donors (Lipinski definition) is 1. The Morgan fingerprint density at radius 3 is 2.32 bits per heavy atom.